The number of carbonyl (C=O) groups excluding carboxylic acids is 2. The Morgan fingerprint density at radius 3 is 2.45 bits per heavy atom. The fourth-order valence-corrected chi connectivity index (χ4v) is 2.68. The van der Waals surface area contributed by atoms with E-state index >= 15 is 0 Å². The molecule has 0 aliphatic carbocycles. The molecule has 2 amide bonds. The smallest absolute Gasteiger partial charge is 0.240 e. The highest BCUT2D eigenvalue weighted by atomic mass is 16.5. The Kier molecular flexibility index (Phi) is 3.70. The summed E-state index contributed by atoms with van der Waals surface area (Å²) in [5, 5.41) is 0. The van der Waals surface area contributed by atoms with Gasteiger partial charge in [-0.2, -0.15) is 0 Å². The number of methoxy groups -OCH3 is 1. The summed E-state index contributed by atoms with van der Waals surface area (Å²) < 4.78 is 5.14. The minimum absolute atomic E-state index is 0.160. The zero-order valence-corrected chi connectivity index (χ0v) is 12.1. The standard InChI is InChI=1S/C15H20N2O3/c1-4-15(5-2)9-13(18)17(14(15)19)12-8-10(20-3)6-7-11(12)16/h6-8H,4-5,9,16H2,1-3H3. The molecule has 0 bridgehead atoms. The molecule has 0 atom stereocenters. The van der Waals surface area contributed by atoms with Crippen LogP contribution in [0.15, 0.2) is 18.2 Å². The SMILES string of the molecule is CCC1(CC)CC(=O)N(c2cc(OC)ccc2N)C1=O. The van der Waals surface area contributed by atoms with E-state index < -0.39 is 5.41 Å². The van der Waals surface area contributed by atoms with Gasteiger partial charge in [-0.05, 0) is 25.0 Å². The Labute approximate surface area is 118 Å². The fourth-order valence-electron chi connectivity index (χ4n) is 2.68. The number of imide groups is 1. The van der Waals surface area contributed by atoms with Crippen LogP contribution in [0.3, 0.4) is 0 Å². The monoisotopic (exact) mass is 276 g/mol. The highest BCUT2D eigenvalue weighted by molar-refractivity contribution is 6.23. The lowest BCUT2D eigenvalue weighted by Gasteiger charge is -2.24. The molecular formula is C15H20N2O3. The zero-order valence-electron chi connectivity index (χ0n) is 12.1. The Morgan fingerprint density at radius 1 is 1.30 bits per heavy atom. The minimum atomic E-state index is -0.591. The van der Waals surface area contributed by atoms with Gasteiger partial charge in [0, 0.05) is 12.5 Å². The molecule has 0 spiro atoms. The van der Waals surface area contributed by atoms with E-state index in [1.807, 2.05) is 13.8 Å². The molecule has 1 heterocycles. The predicted octanol–water partition coefficient (Wildman–Crippen LogP) is 2.35. The number of amides is 2. The third kappa shape index (κ3) is 2.03. The lowest BCUT2D eigenvalue weighted by Crippen LogP contribution is -2.35. The van der Waals surface area contributed by atoms with Crippen molar-refractivity contribution in [3.63, 3.8) is 0 Å². The van der Waals surface area contributed by atoms with Gasteiger partial charge in [0.1, 0.15) is 5.75 Å². The fraction of sp³-hybridized carbons (Fsp3) is 0.467. The summed E-state index contributed by atoms with van der Waals surface area (Å²) in [4.78, 5) is 26.2. The van der Waals surface area contributed by atoms with Crippen LogP contribution in [-0.2, 0) is 9.59 Å². The average Bonchev–Trinajstić information content (AvgIpc) is 2.71. The number of anilines is 2. The number of rotatable bonds is 4. The lowest BCUT2D eigenvalue weighted by molar-refractivity contribution is -0.126. The third-order valence-electron chi connectivity index (χ3n) is 4.23. The number of hydrogen-bond donors (Lipinski definition) is 1. The first-order valence-electron chi connectivity index (χ1n) is 6.80. The molecule has 0 aromatic heterocycles. The van der Waals surface area contributed by atoms with Gasteiger partial charge in [-0.25, -0.2) is 4.90 Å². The van der Waals surface area contributed by atoms with Crippen LogP contribution in [0, 0.1) is 5.41 Å². The summed E-state index contributed by atoms with van der Waals surface area (Å²) in [7, 11) is 1.53. The average molecular weight is 276 g/mol. The van der Waals surface area contributed by atoms with Crippen molar-refractivity contribution in [1.82, 2.24) is 0 Å². The molecule has 108 valence electrons. The van der Waals surface area contributed by atoms with Crippen molar-refractivity contribution in [3.8, 4) is 5.75 Å². The molecule has 1 aliphatic heterocycles. The topological polar surface area (TPSA) is 72.6 Å². The van der Waals surface area contributed by atoms with Crippen molar-refractivity contribution in [2.45, 2.75) is 33.1 Å². The van der Waals surface area contributed by atoms with Gasteiger partial charge in [-0.15, -0.1) is 0 Å². The Bertz CT molecular complexity index is 550. The molecule has 5 heteroatoms. The molecule has 1 aromatic carbocycles. The molecule has 2 N–H and O–H groups in total. The highest BCUT2D eigenvalue weighted by Crippen LogP contribution is 2.43. The second-order valence-corrected chi connectivity index (χ2v) is 5.12. The van der Waals surface area contributed by atoms with E-state index in [-0.39, 0.29) is 18.2 Å². The van der Waals surface area contributed by atoms with Gasteiger partial charge in [0.15, 0.2) is 0 Å². The number of nitrogens with two attached hydrogens (primary N) is 1. The van der Waals surface area contributed by atoms with Gasteiger partial charge in [0.05, 0.1) is 23.9 Å². The van der Waals surface area contributed by atoms with Crippen molar-refractivity contribution in [1.29, 1.82) is 0 Å². The van der Waals surface area contributed by atoms with Crippen molar-refractivity contribution >= 4 is 23.2 Å². The van der Waals surface area contributed by atoms with Crippen molar-refractivity contribution in [2.24, 2.45) is 5.41 Å². The van der Waals surface area contributed by atoms with E-state index in [9.17, 15) is 9.59 Å². The van der Waals surface area contributed by atoms with Crippen molar-refractivity contribution < 1.29 is 14.3 Å². The molecule has 1 fully saturated rings. The van der Waals surface area contributed by atoms with Gasteiger partial charge in [0.25, 0.3) is 0 Å². The molecule has 0 unspecified atom stereocenters. The van der Waals surface area contributed by atoms with Gasteiger partial charge >= 0.3 is 0 Å². The molecule has 0 radical (unpaired) electrons. The van der Waals surface area contributed by atoms with Crippen molar-refractivity contribution in [3.05, 3.63) is 18.2 Å². The van der Waals surface area contributed by atoms with Gasteiger partial charge in [-0.3, -0.25) is 9.59 Å². The maximum atomic E-state index is 12.7. The van der Waals surface area contributed by atoms with E-state index in [0.29, 0.717) is 30.0 Å². The Hall–Kier alpha value is -2.04. The molecule has 1 saturated heterocycles. The number of ether oxygens (including phenoxy) is 1. The predicted molar refractivity (Wildman–Crippen MR) is 77.5 cm³/mol. The highest BCUT2D eigenvalue weighted by Gasteiger charge is 2.50. The number of nitrogen functional groups attached to an aromatic ring is 1. The maximum Gasteiger partial charge on any atom is 0.240 e. The van der Waals surface area contributed by atoms with Crippen molar-refractivity contribution in [2.75, 3.05) is 17.7 Å². The van der Waals surface area contributed by atoms with Crippen LogP contribution in [0.1, 0.15) is 33.1 Å². The summed E-state index contributed by atoms with van der Waals surface area (Å²) in [6.07, 6.45) is 1.54. The number of benzene rings is 1. The van der Waals surface area contributed by atoms with Crippen LogP contribution in [0.4, 0.5) is 11.4 Å². The second-order valence-electron chi connectivity index (χ2n) is 5.12. The Balaban J connectivity index is 2.48. The van der Waals surface area contributed by atoms with Gasteiger partial charge in [0.2, 0.25) is 11.8 Å². The summed E-state index contributed by atoms with van der Waals surface area (Å²) >= 11 is 0. The normalized spacial score (nSPS) is 17.6. The summed E-state index contributed by atoms with van der Waals surface area (Å²) in [5.41, 5.74) is 6.15. The van der Waals surface area contributed by atoms with E-state index in [1.165, 1.54) is 12.0 Å². The first-order chi connectivity index (χ1) is 9.49. The van der Waals surface area contributed by atoms with E-state index in [4.69, 9.17) is 10.5 Å². The van der Waals surface area contributed by atoms with E-state index in [1.54, 1.807) is 18.2 Å². The molecule has 20 heavy (non-hydrogen) atoms. The van der Waals surface area contributed by atoms with Crippen LogP contribution >= 0.6 is 0 Å². The maximum absolute atomic E-state index is 12.7. The first kappa shape index (κ1) is 14.4. The van der Waals surface area contributed by atoms with Gasteiger partial charge in [-0.1, -0.05) is 13.8 Å². The second kappa shape index (κ2) is 5.15. The first-order valence-corrected chi connectivity index (χ1v) is 6.80. The summed E-state index contributed by atoms with van der Waals surface area (Å²) in [6, 6.07) is 4.98. The largest absolute Gasteiger partial charge is 0.497 e. The zero-order chi connectivity index (χ0) is 14.9. The van der Waals surface area contributed by atoms with E-state index in [2.05, 4.69) is 0 Å². The molecule has 5 nitrogen and oxygen atoms in total. The van der Waals surface area contributed by atoms with Crippen LogP contribution in [0.2, 0.25) is 0 Å². The van der Waals surface area contributed by atoms with E-state index in [0.717, 1.165) is 0 Å². The number of nitrogens with zero attached hydrogens (tertiary/aromatic N) is 1. The quantitative estimate of drug-likeness (QED) is 0.676. The third-order valence-corrected chi connectivity index (χ3v) is 4.23. The van der Waals surface area contributed by atoms with Crippen LogP contribution in [0.5, 0.6) is 5.75 Å². The molecule has 1 aromatic rings. The summed E-state index contributed by atoms with van der Waals surface area (Å²) in [5.74, 6) is 0.214. The van der Waals surface area contributed by atoms with Crippen LogP contribution < -0.4 is 15.4 Å². The Morgan fingerprint density at radius 2 is 1.95 bits per heavy atom. The molecule has 2 rings (SSSR count). The number of carbonyl (C=O) groups is 2. The molecule has 1 aliphatic rings. The molecule has 0 saturated carbocycles. The van der Waals surface area contributed by atoms with Gasteiger partial charge < -0.3 is 10.5 Å². The minimum Gasteiger partial charge on any atom is -0.497 e. The van der Waals surface area contributed by atoms with Crippen LogP contribution in [-0.4, -0.2) is 18.9 Å². The number of hydrogen-bond acceptors (Lipinski definition) is 4. The summed E-state index contributed by atoms with van der Waals surface area (Å²) in [6.45, 7) is 3.88. The molecular weight excluding hydrogens is 256 g/mol. The van der Waals surface area contributed by atoms with Crippen LogP contribution in [0.25, 0.3) is 0 Å². The lowest BCUT2D eigenvalue weighted by atomic mass is 9.81.